The molecule has 1 rings (SSSR count). The second kappa shape index (κ2) is 4.52. The average molecular weight is 259 g/mol. The molecule has 3 N–H and O–H groups in total. The molecule has 1 heterocycles. The molecule has 0 spiro atoms. The van der Waals surface area contributed by atoms with Crippen LogP contribution in [0.15, 0.2) is 16.9 Å². The summed E-state index contributed by atoms with van der Waals surface area (Å²) in [6.45, 7) is 1.88. The Balaban J connectivity index is 2.99. The van der Waals surface area contributed by atoms with Crippen molar-refractivity contribution in [1.82, 2.24) is 4.98 Å². The smallest absolute Gasteiger partial charge is 0.305 e. The van der Waals surface area contributed by atoms with Crippen LogP contribution in [0.2, 0.25) is 0 Å². The number of carbonyl (C=O) groups is 1. The topological polar surface area (TPSA) is 76.2 Å². The van der Waals surface area contributed by atoms with Crippen LogP contribution >= 0.6 is 15.9 Å². The number of rotatable bonds is 3. The number of aromatic nitrogens is 1. The van der Waals surface area contributed by atoms with Crippen molar-refractivity contribution in [3.8, 4) is 0 Å². The third-order valence-electron chi connectivity index (χ3n) is 1.92. The summed E-state index contributed by atoms with van der Waals surface area (Å²) >= 11 is 3.25. The normalized spacial score (nSPS) is 12.5. The summed E-state index contributed by atoms with van der Waals surface area (Å²) < 4.78 is 0.617. The van der Waals surface area contributed by atoms with Crippen molar-refractivity contribution < 1.29 is 9.90 Å². The highest BCUT2D eigenvalue weighted by molar-refractivity contribution is 9.10. The van der Waals surface area contributed by atoms with Gasteiger partial charge in [0.25, 0.3) is 0 Å². The van der Waals surface area contributed by atoms with Crippen molar-refractivity contribution in [3.05, 3.63) is 28.0 Å². The number of carboxylic acids is 1. The summed E-state index contributed by atoms with van der Waals surface area (Å²) in [6.07, 6.45) is 1.56. The molecule has 5 heteroatoms. The molecule has 1 aromatic rings. The molecule has 0 saturated heterocycles. The van der Waals surface area contributed by atoms with Crippen molar-refractivity contribution in [1.29, 1.82) is 0 Å². The van der Waals surface area contributed by atoms with Gasteiger partial charge < -0.3 is 10.8 Å². The fourth-order valence-electron chi connectivity index (χ4n) is 1.27. The molecule has 0 aliphatic heterocycles. The number of nitrogens with two attached hydrogens (primary N) is 1. The highest BCUT2D eigenvalue weighted by atomic mass is 79.9. The van der Waals surface area contributed by atoms with Crippen LogP contribution in [0, 0.1) is 6.92 Å². The zero-order valence-electron chi connectivity index (χ0n) is 7.70. The van der Waals surface area contributed by atoms with Gasteiger partial charge in [-0.3, -0.25) is 4.79 Å². The second-order valence-electron chi connectivity index (χ2n) is 3.04. The molecule has 76 valence electrons. The molecule has 0 amide bonds. The van der Waals surface area contributed by atoms with Crippen LogP contribution in [0.4, 0.5) is 0 Å². The lowest BCUT2D eigenvalue weighted by molar-refractivity contribution is -0.137. The van der Waals surface area contributed by atoms with Crippen LogP contribution in [-0.2, 0) is 4.79 Å². The molecule has 0 unspecified atom stereocenters. The van der Waals surface area contributed by atoms with Crippen LogP contribution in [-0.4, -0.2) is 16.1 Å². The summed E-state index contributed by atoms with van der Waals surface area (Å²) in [5, 5.41) is 8.61. The SMILES string of the molecule is Cc1ccnc(Br)c1[C@@H](N)CC(=O)O. The zero-order valence-corrected chi connectivity index (χ0v) is 9.28. The van der Waals surface area contributed by atoms with E-state index in [-0.39, 0.29) is 6.42 Å². The second-order valence-corrected chi connectivity index (χ2v) is 3.79. The predicted octanol–water partition coefficient (Wildman–Crippen LogP) is 1.63. The number of nitrogens with zero attached hydrogens (tertiary/aromatic N) is 1. The predicted molar refractivity (Wildman–Crippen MR) is 55.9 cm³/mol. The molecule has 0 aliphatic carbocycles. The van der Waals surface area contributed by atoms with Crippen LogP contribution in [0.3, 0.4) is 0 Å². The van der Waals surface area contributed by atoms with E-state index in [1.807, 2.05) is 13.0 Å². The molecule has 14 heavy (non-hydrogen) atoms. The fraction of sp³-hybridized carbons (Fsp3) is 0.333. The number of aryl methyl sites for hydroxylation is 1. The van der Waals surface area contributed by atoms with E-state index in [2.05, 4.69) is 20.9 Å². The van der Waals surface area contributed by atoms with Crippen LogP contribution in [0.1, 0.15) is 23.6 Å². The number of aliphatic carboxylic acids is 1. The van der Waals surface area contributed by atoms with E-state index in [1.165, 1.54) is 0 Å². The Hall–Kier alpha value is -0.940. The van der Waals surface area contributed by atoms with Gasteiger partial charge in [-0.05, 0) is 34.5 Å². The Labute approximate surface area is 90.3 Å². The van der Waals surface area contributed by atoms with Crippen molar-refractivity contribution in [2.75, 3.05) is 0 Å². The molecule has 0 radical (unpaired) electrons. The molecule has 0 saturated carbocycles. The van der Waals surface area contributed by atoms with Crippen molar-refractivity contribution in [2.45, 2.75) is 19.4 Å². The summed E-state index contributed by atoms with van der Waals surface area (Å²) in [5.74, 6) is -0.910. The maximum Gasteiger partial charge on any atom is 0.305 e. The van der Waals surface area contributed by atoms with Gasteiger partial charge in [0.2, 0.25) is 0 Å². The van der Waals surface area contributed by atoms with E-state index in [0.717, 1.165) is 11.1 Å². The van der Waals surface area contributed by atoms with Gasteiger partial charge in [-0.2, -0.15) is 0 Å². The number of hydrogen-bond acceptors (Lipinski definition) is 3. The van der Waals surface area contributed by atoms with Crippen LogP contribution < -0.4 is 5.73 Å². The van der Waals surface area contributed by atoms with E-state index in [1.54, 1.807) is 6.20 Å². The number of pyridine rings is 1. The quantitative estimate of drug-likeness (QED) is 0.809. The highest BCUT2D eigenvalue weighted by Gasteiger charge is 2.16. The summed E-state index contributed by atoms with van der Waals surface area (Å²) in [4.78, 5) is 14.5. The Kier molecular flexibility index (Phi) is 3.60. The van der Waals surface area contributed by atoms with Crippen molar-refractivity contribution in [3.63, 3.8) is 0 Å². The molecule has 1 atom stereocenters. The fourth-order valence-corrected chi connectivity index (χ4v) is 2.00. The minimum Gasteiger partial charge on any atom is -0.481 e. The van der Waals surface area contributed by atoms with Gasteiger partial charge in [0.05, 0.1) is 6.42 Å². The third-order valence-corrected chi connectivity index (χ3v) is 2.56. The number of carboxylic acid groups (broad SMARTS) is 1. The van der Waals surface area contributed by atoms with Crippen molar-refractivity contribution in [2.24, 2.45) is 5.73 Å². The lowest BCUT2D eigenvalue weighted by Crippen LogP contribution is -2.17. The Bertz CT molecular complexity index is 334. The van der Waals surface area contributed by atoms with Crippen molar-refractivity contribution >= 4 is 21.9 Å². The van der Waals surface area contributed by atoms with E-state index < -0.39 is 12.0 Å². The molecule has 0 fully saturated rings. The molecular formula is C9H11BrN2O2. The lowest BCUT2D eigenvalue weighted by atomic mass is 10.0. The Morgan fingerprint density at radius 2 is 2.43 bits per heavy atom. The largest absolute Gasteiger partial charge is 0.481 e. The van der Waals surface area contributed by atoms with Gasteiger partial charge in [0.15, 0.2) is 0 Å². The molecule has 0 aliphatic rings. The Morgan fingerprint density at radius 3 is 2.93 bits per heavy atom. The van der Waals surface area contributed by atoms with Crippen LogP contribution in [0.5, 0.6) is 0 Å². The van der Waals surface area contributed by atoms with Gasteiger partial charge in [0.1, 0.15) is 4.60 Å². The molecule has 1 aromatic heterocycles. The summed E-state index contributed by atoms with van der Waals surface area (Å²) in [6, 6.07) is 1.29. The van der Waals surface area contributed by atoms with E-state index >= 15 is 0 Å². The van der Waals surface area contributed by atoms with E-state index in [9.17, 15) is 4.79 Å². The molecule has 0 aromatic carbocycles. The zero-order chi connectivity index (χ0) is 10.7. The Morgan fingerprint density at radius 1 is 1.79 bits per heavy atom. The maximum absolute atomic E-state index is 10.5. The number of halogens is 1. The van der Waals surface area contributed by atoms with Gasteiger partial charge in [-0.25, -0.2) is 4.98 Å². The maximum atomic E-state index is 10.5. The average Bonchev–Trinajstić information content (AvgIpc) is 2.01. The van der Waals surface area contributed by atoms with Gasteiger partial charge in [0, 0.05) is 17.8 Å². The number of hydrogen-bond donors (Lipinski definition) is 2. The first-order chi connectivity index (χ1) is 6.52. The van der Waals surface area contributed by atoms with Gasteiger partial charge >= 0.3 is 5.97 Å². The van der Waals surface area contributed by atoms with Crippen LogP contribution in [0.25, 0.3) is 0 Å². The first kappa shape index (κ1) is 11.1. The molecular weight excluding hydrogens is 248 g/mol. The highest BCUT2D eigenvalue weighted by Crippen LogP contribution is 2.25. The van der Waals surface area contributed by atoms with E-state index in [4.69, 9.17) is 10.8 Å². The first-order valence-electron chi connectivity index (χ1n) is 4.10. The van der Waals surface area contributed by atoms with Gasteiger partial charge in [-0.15, -0.1) is 0 Å². The monoisotopic (exact) mass is 258 g/mol. The minimum atomic E-state index is -0.910. The standard InChI is InChI=1S/C9H11BrN2O2/c1-5-2-3-12-9(10)8(5)6(11)4-7(13)14/h2-3,6H,4,11H2,1H3,(H,13,14)/t6-/m0/s1. The van der Waals surface area contributed by atoms with E-state index in [0.29, 0.717) is 4.60 Å². The van der Waals surface area contributed by atoms with Gasteiger partial charge in [-0.1, -0.05) is 0 Å². The minimum absolute atomic E-state index is 0.0921. The lowest BCUT2D eigenvalue weighted by Gasteiger charge is -2.13. The molecule has 4 nitrogen and oxygen atoms in total. The summed E-state index contributed by atoms with van der Waals surface area (Å²) in [5.41, 5.74) is 7.45. The molecule has 0 bridgehead atoms. The third kappa shape index (κ3) is 2.52. The first-order valence-corrected chi connectivity index (χ1v) is 4.90. The summed E-state index contributed by atoms with van der Waals surface area (Å²) in [7, 11) is 0.